The van der Waals surface area contributed by atoms with Crippen LogP contribution in [0.2, 0.25) is 0 Å². The summed E-state index contributed by atoms with van der Waals surface area (Å²) in [5, 5.41) is 3.23. The number of halogens is 3. The largest absolute Gasteiger partial charge is 0.416 e. The number of carbonyl (C=O) groups excluding carboxylic acids is 2. The molecule has 1 aromatic carbocycles. The highest BCUT2D eigenvalue weighted by atomic mass is 32.2. The number of amides is 2. The molecular weight excluding hydrogens is 605 g/mol. The lowest BCUT2D eigenvalue weighted by atomic mass is 9.72. The van der Waals surface area contributed by atoms with Crippen LogP contribution in [0.3, 0.4) is 0 Å². The number of carbonyl (C=O) groups is 2. The molecular formula is C33H45F3N4O4S. The molecule has 1 aliphatic carbocycles. The number of likely N-dealkylation sites (tertiary alicyclic amines) is 1. The first-order valence-electron chi connectivity index (χ1n) is 15.5. The molecule has 1 aromatic heterocycles. The molecule has 4 atom stereocenters. The average molecular weight is 651 g/mol. The Bertz CT molecular complexity index is 1490. The number of hydrogen-bond acceptors (Lipinski definition) is 6. The van der Waals surface area contributed by atoms with E-state index in [9.17, 15) is 31.2 Å². The predicted molar refractivity (Wildman–Crippen MR) is 168 cm³/mol. The number of hydrogen-bond donors (Lipinski definition) is 2. The normalized spacial score (nSPS) is 23.6. The van der Waals surface area contributed by atoms with Crippen LogP contribution in [-0.2, 0) is 25.8 Å². The van der Waals surface area contributed by atoms with E-state index in [2.05, 4.69) is 15.0 Å². The Kier molecular flexibility index (Phi) is 9.69. The van der Waals surface area contributed by atoms with Gasteiger partial charge in [-0.15, -0.1) is 0 Å². The summed E-state index contributed by atoms with van der Waals surface area (Å²) in [6.45, 7) is 11.5. The quantitative estimate of drug-likeness (QED) is 0.364. The summed E-state index contributed by atoms with van der Waals surface area (Å²) in [4.78, 5) is 34.8. The number of alkyl halides is 3. The molecule has 2 fully saturated rings. The summed E-state index contributed by atoms with van der Waals surface area (Å²) in [6.07, 6.45) is -0.638. The fourth-order valence-electron chi connectivity index (χ4n) is 6.66. The number of anilines is 1. The highest BCUT2D eigenvalue weighted by Gasteiger charge is 2.59. The summed E-state index contributed by atoms with van der Waals surface area (Å²) in [6, 6.07) is 8.07. The fourth-order valence-corrected chi connectivity index (χ4v) is 7.35. The molecule has 45 heavy (non-hydrogen) atoms. The Labute approximate surface area is 264 Å². The van der Waals surface area contributed by atoms with Crippen LogP contribution in [0.1, 0.15) is 96.5 Å². The molecule has 1 saturated carbocycles. The lowest BCUT2D eigenvalue weighted by Gasteiger charge is -2.37. The number of aromatic nitrogens is 1. The Balaban J connectivity index is 1.95. The van der Waals surface area contributed by atoms with E-state index in [4.69, 9.17) is 0 Å². The summed E-state index contributed by atoms with van der Waals surface area (Å²) >= 11 is 0. The standard InChI is InChI=1S/C33H45F3N4O4S/c1-20-18-23(33(34,35)36)19-24(37-20)38-26-25(31(2,3)4)28(29(41)39-45(43,44)32(5,6)7)40(27(26)21-14-10-8-11-15-21)30(42)22-16-12-9-13-17-22/h8,10-11,14-15,18-19,22,25-28H,9,12-13,16-17H2,1-7H3,(H,37,38)(H,39,41)/t25-,26-,27-,28-/m1/s1. The van der Waals surface area contributed by atoms with Gasteiger partial charge in [-0.2, -0.15) is 13.2 Å². The van der Waals surface area contributed by atoms with Crippen molar-refractivity contribution in [3.05, 3.63) is 59.3 Å². The van der Waals surface area contributed by atoms with Gasteiger partial charge in [0.05, 0.1) is 22.4 Å². The number of rotatable bonds is 6. The minimum Gasteiger partial charge on any atom is -0.364 e. The first-order chi connectivity index (χ1) is 20.7. The topological polar surface area (TPSA) is 108 Å². The van der Waals surface area contributed by atoms with Gasteiger partial charge in [-0.25, -0.2) is 13.4 Å². The molecule has 0 unspecified atom stereocenters. The van der Waals surface area contributed by atoms with Gasteiger partial charge < -0.3 is 10.2 Å². The van der Waals surface area contributed by atoms with Crippen molar-refractivity contribution in [1.82, 2.24) is 14.6 Å². The number of benzene rings is 1. The lowest BCUT2D eigenvalue weighted by molar-refractivity contribution is -0.145. The van der Waals surface area contributed by atoms with E-state index >= 15 is 0 Å². The molecule has 12 heteroatoms. The monoisotopic (exact) mass is 650 g/mol. The van der Waals surface area contributed by atoms with E-state index in [1.165, 1.54) is 32.6 Å². The van der Waals surface area contributed by atoms with Crippen LogP contribution in [0.5, 0.6) is 0 Å². The van der Waals surface area contributed by atoms with Crippen molar-refractivity contribution in [2.45, 2.75) is 110 Å². The van der Waals surface area contributed by atoms with Crippen LogP contribution >= 0.6 is 0 Å². The van der Waals surface area contributed by atoms with Gasteiger partial charge in [0.1, 0.15) is 11.9 Å². The Morgan fingerprint density at radius 1 is 0.933 bits per heavy atom. The average Bonchev–Trinajstić information content (AvgIpc) is 3.27. The van der Waals surface area contributed by atoms with Crippen molar-refractivity contribution in [3.63, 3.8) is 0 Å². The minimum atomic E-state index is -4.62. The van der Waals surface area contributed by atoms with Gasteiger partial charge in [-0.3, -0.25) is 14.3 Å². The molecule has 248 valence electrons. The first-order valence-corrected chi connectivity index (χ1v) is 17.0. The van der Waals surface area contributed by atoms with Crippen LogP contribution in [0.4, 0.5) is 19.0 Å². The van der Waals surface area contributed by atoms with Crippen LogP contribution in [-0.4, -0.2) is 46.9 Å². The van der Waals surface area contributed by atoms with Crippen molar-refractivity contribution >= 4 is 27.7 Å². The summed E-state index contributed by atoms with van der Waals surface area (Å²) < 4.78 is 69.1. The van der Waals surface area contributed by atoms with Crippen LogP contribution in [0, 0.1) is 24.2 Å². The summed E-state index contributed by atoms with van der Waals surface area (Å²) in [5.41, 5.74) is -0.781. The zero-order valence-electron chi connectivity index (χ0n) is 27.0. The van der Waals surface area contributed by atoms with Gasteiger partial charge in [0.15, 0.2) is 0 Å². The van der Waals surface area contributed by atoms with Crippen molar-refractivity contribution in [2.75, 3.05) is 5.32 Å². The van der Waals surface area contributed by atoms with Gasteiger partial charge in [-0.1, -0.05) is 70.4 Å². The number of sulfonamides is 1. The third-order valence-electron chi connectivity index (χ3n) is 8.92. The van der Waals surface area contributed by atoms with Gasteiger partial charge >= 0.3 is 6.18 Å². The second kappa shape index (κ2) is 12.6. The molecule has 2 heterocycles. The minimum absolute atomic E-state index is 0.0454. The molecule has 1 saturated heterocycles. The van der Waals surface area contributed by atoms with Crippen molar-refractivity contribution < 1.29 is 31.2 Å². The van der Waals surface area contributed by atoms with E-state index in [0.717, 1.165) is 31.4 Å². The van der Waals surface area contributed by atoms with Crippen molar-refractivity contribution in [3.8, 4) is 0 Å². The number of nitrogens with one attached hydrogen (secondary N) is 2. The molecule has 0 radical (unpaired) electrons. The molecule has 2 amide bonds. The van der Waals surface area contributed by atoms with Crippen LogP contribution < -0.4 is 10.0 Å². The maximum Gasteiger partial charge on any atom is 0.416 e. The van der Waals surface area contributed by atoms with Gasteiger partial charge in [0.2, 0.25) is 15.9 Å². The number of aryl methyl sites for hydroxylation is 1. The second-order valence-electron chi connectivity index (χ2n) is 14.4. The molecule has 0 bridgehead atoms. The second-order valence-corrected chi connectivity index (χ2v) is 16.8. The van der Waals surface area contributed by atoms with E-state index < -0.39 is 61.9 Å². The Morgan fingerprint density at radius 3 is 2.07 bits per heavy atom. The van der Waals surface area contributed by atoms with Crippen LogP contribution in [0.25, 0.3) is 0 Å². The Morgan fingerprint density at radius 2 is 1.53 bits per heavy atom. The number of pyridine rings is 1. The zero-order chi connectivity index (χ0) is 33.5. The van der Waals surface area contributed by atoms with Crippen molar-refractivity contribution in [1.29, 1.82) is 0 Å². The zero-order valence-corrected chi connectivity index (χ0v) is 27.8. The molecule has 4 rings (SSSR count). The van der Waals surface area contributed by atoms with Crippen LogP contribution in [0.15, 0.2) is 42.5 Å². The third-order valence-corrected chi connectivity index (χ3v) is 11.0. The van der Waals surface area contributed by atoms with Crippen molar-refractivity contribution in [2.24, 2.45) is 17.3 Å². The molecule has 2 aliphatic rings. The highest BCUT2D eigenvalue weighted by Crippen LogP contribution is 2.50. The first kappa shape index (κ1) is 34.7. The highest BCUT2D eigenvalue weighted by molar-refractivity contribution is 7.91. The van der Waals surface area contributed by atoms with Gasteiger partial charge in [0, 0.05) is 17.5 Å². The maximum absolute atomic E-state index is 14.6. The van der Waals surface area contributed by atoms with E-state index in [-0.39, 0.29) is 23.3 Å². The summed E-state index contributed by atoms with van der Waals surface area (Å²) in [5.74, 6) is -2.25. The van der Waals surface area contributed by atoms with Gasteiger partial charge in [-0.05, 0) is 63.6 Å². The fraction of sp³-hybridized carbons (Fsp3) is 0.606. The van der Waals surface area contributed by atoms with E-state index in [0.29, 0.717) is 18.4 Å². The SMILES string of the molecule is Cc1cc(C(F)(F)F)cc(N[C@@H]2[C@@H](C(C)(C)C)[C@H](C(=O)NS(=O)(=O)C(C)(C)C)N(C(=O)C3CCCCC3)[C@@H]2c2ccccc2)n1. The van der Waals surface area contributed by atoms with Gasteiger partial charge in [0.25, 0.3) is 5.91 Å². The van der Waals surface area contributed by atoms with E-state index in [1.807, 2.05) is 39.0 Å². The molecule has 2 aromatic rings. The summed E-state index contributed by atoms with van der Waals surface area (Å²) in [7, 11) is -4.16. The predicted octanol–water partition coefficient (Wildman–Crippen LogP) is 6.63. The van der Waals surface area contributed by atoms with E-state index in [1.54, 1.807) is 12.1 Å². The third kappa shape index (κ3) is 7.47. The Hall–Kier alpha value is -3.15. The molecule has 8 nitrogen and oxygen atoms in total. The smallest absolute Gasteiger partial charge is 0.364 e. The lowest BCUT2D eigenvalue weighted by Crippen LogP contribution is -2.55. The number of nitrogens with zero attached hydrogens (tertiary/aromatic N) is 2. The maximum atomic E-state index is 14.6. The molecule has 1 aliphatic heterocycles. The molecule has 0 spiro atoms. The molecule has 2 N–H and O–H groups in total.